The molecule has 1 amide bonds. The number of nitrogens with one attached hydrogen (secondary N) is 3. The molecule has 0 unspecified atom stereocenters. The number of H-pyrrole nitrogens is 1. The van der Waals surface area contributed by atoms with Crippen LogP contribution in [-0.4, -0.2) is 21.7 Å². The fraction of sp³-hybridized carbons (Fsp3) is 0.292. The van der Waals surface area contributed by atoms with Gasteiger partial charge in [-0.1, -0.05) is 26.8 Å². The molecule has 2 aromatic heterocycles. The molecule has 3 aromatic rings. The summed E-state index contributed by atoms with van der Waals surface area (Å²) in [6, 6.07) is 11.4. The van der Waals surface area contributed by atoms with E-state index in [-0.39, 0.29) is 17.1 Å². The van der Waals surface area contributed by atoms with Crippen molar-refractivity contribution in [1.82, 2.24) is 9.97 Å². The number of hydrogen-bond acceptors (Lipinski definition) is 4. The van der Waals surface area contributed by atoms with Crippen LogP contribution in [0.4, 0.5) is 17.1 Å². The van der Waals surface area contributed by atoms with E-state index < -0.39 is 0 Å². The first kappa shape index (κ1) is 19.9. The molecule has 0 radical (unpaired) electrons. The van der Waals surface area contributed by atoms with Gasteiger partial charge in [-0.3, -0.25) is 14.6 Å². The molecule has 1 aliphatic carbocycles. The second-order valence-corrected chi connectivity index (χ2v) is 8.51. The van der Waals surface area contributed by atoms with Gasteiger partial charge in [0.15, 0.2) is 5.78 Å². The lowest BCUT2D eigenvalue weighted by atomic mass is 9.76. The predicted octanol–water partition coefficient (Wildman–Crippen LogP) is 5.32. The minimum atomic E-state index is -0.0773. The summed E-state index contributed by atoms with van der Waals surface area (Å²) in [4.78, 5) is 32.4. The van der Waals surface area contributed by atoms with Crippen molar-refractivity contribution in [2.24, 2.45) is 5.41 Å². The maximum absolute atomic E-state index is 13.1. The van der Waals surface area contributed by atoms with Gasteiger partial charge in [0.25, 0.3) is 0 Å². The van der Waals surface area contributed by atoms with E-state index in [0.717, 1.165) is 40.3 Å². The van der Waals surface area contributed by atoms with Crippen LogP contribution in [0, 0.1) is 5.41 Å². The summed E-state index contributed by atoms with van der Waals surface area (Å²) in [5.41, 5.74) is 5.74. The molecule has 3 N–H and O–H groups in total. The van der Waals surface area contributed by atoms with Gasteiger partial charge in [0.2, 0.25) is 5.91 Å². The first-order chi connectivity index (χ1) is 14.4. The average Bonchev–Trinajstić information content (AvgIpc) is 3.06. The van der Waals surface area contributed by atoms with Gasteiger partial charge >= 0.3 is 0 Å². The van der Waals surface area contributed by atoms with Crippen LogP contribution >= 0.6 is 0 Å². The molecule has 0 aliphatic heterocycles. The summed E-state index contributed by atoms with van der Waals surface area (Å²) in [6.45, 7) is 6.05. The van der Waals surface area contributed by atoms with Crippen LogP contribution in [0.2, 0.25) is 0 Å². The Labute approximate surface area is 176 Å². The van der Waals surface area contributed by atoms with Gasteiger partial charge in [0, 0.05) is 47.9 Å². The molecule has 0 spiro atoms. The van der Waals surface area contributed by atoms with Gasteiger partial charge in [0.1, 0.15) is 0 Å². The lowest BCUT2D eigenvalue weighted by Crippen LogP contribution is -2.26. The quantitative estimate of drug-likeness (QED) is 0.539. The Kier molecular flexibility index (Phi) is 5.16. The standard InChI is InChI=1S/C24H26N4O2/c1-4-20(30)26-16-6-5-7-17(12-16)27-23-21-18(13-24(2,3)14-19(21)29)28-22(23)15-8-10-25-11-9-15/h5-12,27-28H,4,13-14H2,1-3H3,(H,26,30). The number of Topliss-reactive ketones (excluding diaryl/α,β-unsaturated/α-hetero) is 1. The lowest BCUT2D eigenvalue weighted by Gasteiger charge is -2.28. The fourth-order valence-electron chi connectivity index (χ4n) is 3.98. The zero-order chi connectivity index (χ0) is 21.3. The van der Waals surface area contributed by atoms with Crippen molar-refractivity contribution in [3.05, 3.63) is 60.0 Å². The summed E-state index contributed by atoms with van der Waals surface area (Å²) < 4.78 is 0. The highest BCUT2D eigenvalue weighted by Gasteiger charge is 2.35. The fourth-order valence-corrected chi connectivity index (χ4v) is 3.98. The van der Waals surface area contributed by atoms with E-state index >= 15 is 0 Å². The van der Waals surface area contributed by atoms with Crippen molar-refractivity contribution < 1.29 is 9.59 Å². The largest absolute Gasteiger partial charge is 0.356 e. The molecule has 0 atom stereocenters. The second-order valence-electron chi connectivity index (χ2n) is 8.51. The molecule has 154 valence electrons. The van der Waals surface area contributed by atoms with Crippen LogP contribution in [-0.2, 0) is 11.2 Å². The van der Waals surface area contributed by atoms with E-state index in [1.807, 2.05) is 43.3 Å². The summed E-state index contributed by atoms with van der Waals surface area (Å²) in [7, 11) is 0. The molecule has 4 rings (SSSR count). The summed E-state index contributed by atoms with van der Waals surface area (Å²) in [5, 5.41) is 6.32. The first-order valence-corrected chi connectivity index (χ1v) is 10.2. The Morgan fingerprint density at radius 2 is 1.87 bits per heavy atom. The number of pyridine rings is 1. The molecule has 6 heteroatoms. The Balaban J connectivity index is 1.78. The van der Waals surface area contributed by atoms with Crippen LogP contribution < -0.4 is 10.6 Å². The number of rotatable bonds is 5. The third-order valence-electron chi connectivity index (χ3n) is 5.36. The van der Waals surface area contributed by atoms with Crippen molar-refractivity contribution in [2.45, 2.75) is 40.0 Å². The van der Waals surface area contributed by atoms with Crippen LogP contribution in [0.15, 0.2) is 48.8 Å². The Hall–Kier alpha value is -3.41. The number of benzene rings is 1. The van der Waals surface area contributed by atoms with Crippen LogP contribution in [0.25, 0.3) is 11.3 Å². The molecule has 0 saturated carbocycles. The molecule has 1 aromatic carbocycles. The molecule has 6 nitrogen and oxygen atoms in total. The topological polar surface area (TPSA) is 86.9 Å². The third kappa shape index (κ3) is 3.99. The number of amides is 1. The maximum Gasteiger partial charge on any atom is 0.224 e. The van der Waals surface area contributed by atoms with Crippen molar-refractivity contribution in [3.8, 4) is 11.3 Å². The molecule has 0 fully saturated rings. The SMILES string of the molecule is CCC(=O)Nc1cccc(Nc2c(-c3ccncc3)[nH]c3c2C(=O)CC(C)(C)C3)c1. The van der Waals surface area contributed by atoms with Crippen molar-refractivity contribution in [2.75, 3.05) is 10.6 Å². The highest BCUT2D eigenvalue weighted by molar-refractivity contribution is 6.07. The van der Waals surface area contributed by atoms with Crippen molar-refractivity contribution in [3.63, 3.8) is 0 Å². The van der Waals surface area contributed by atoms with Gasteiger partial charge in [-0.05, 0) is 42.2 Å². The molecular weight excluding hydrogens is 376 g/mol. The Bertz CT molecular complexity index is 1100. The highest BCUT2D eigenvalue weighted by atomic mass is 16.1. The number of fused-ring (bicyclic) bond motifs is 1. The highest BCUT2D eigenvalue weighted by Crippen LogP contribution is 2.43. The molecule has 30 heavy (non-hydrogen) atoms. The maximum atomic E-state index is 13.1. The molecule has 1 aliphatic rings. The average molecular weight is 402 g/mol. The van der Waals surface area contributed by atoms with Crippen LogP contribution in [0.3, 0.4) is 0 Å². The zero-order valence-electron chi connectivity index (χ0n) is 17.5. The number of anilines is 3. The van der Waals surface area contributed by atoms with E-state index in [0.29, 0.717) is 18.5 Å². The van der Waals surface area contributed by atoms with E-state index in [1.54, 1.807) is 12.4 Å². The molecule has 0 saturated heterocycles. The minimum absolute atomic E-state index is 0.0407. The molecule has 0 bridgehead atoms. The van der Waals surface area contributed by atoms with Gasteiger partial charge < -0.3 is 15.6 Å². The summed E-state index contributed by atoms with van der Waals surface area (Å²) in [5.74, 6) is 0.0943. The summed E-state index contributed by atoms with van der Waals surface area (Å²) >= 11 is 0. The number of aromatic amines is 1. The first-order valence-electron chi connectivity index (χ1n) is 10.2. The van der Waals surface area contributed by atoms with E-state index in [9.17, 15) is 9.59 Å². The summed E-state index contributed by atoms with van der Waals surface area (Å²) in [6.07, 6.45) is 5.21. The monoisotopic (exact) mass is 402 g/mol. The van der Waals surface area contributed by atoms with Gasteiger partial charge in [0.05, 0.1) is 16.9 Å². The lowest BCUT2D eigenvalue weighted by molar-refractivity contribution is -0.115. The smallest absolute Gasteiger partial charge is 0.224 e. The number of aromatic nitrogens is 2. The van der Waals surface area contributed by atoms with E-state index in [4.69, 9.17) is 0 Å². The Morgan fingerprint density at radius 1 is 1.13 bits per heavy atom. The number of hydrogen-bond donors (Lipinski definition) is 3. The van der Waals surface area contributed by atoms with Gasteiger partial charge in [-0.2, -0.15) is 0 Å². The second kappa shape index (κ2) is 7.78. The van der Waals surface area contributed by atoms with Gasteiger partial charge in [-0.15, -0.1) is 0 Å². The Morgan fingerprint density at radius 3 is 2.60 bits per heavy atom. The number of ketones is 1. The van der Waals surface area contributed by atoms with Crippen LogP contribution in [0.5, 0.6) is 0 Å². The third-order valence-corrected chi connectivity index (χ3v) is 5.36. The molecular formula is C24H26N4O2. The van der Waals surface area contributed by atoms with Crippen molar-refractivity contribution in [1.29, 1.82) is 0 Å². The predicted molar refractivity (Wildman–Crippen MR) is 119 cm³/mol. The number of carbonyl (C=O) groups excluding carboxylic acids is 2. The van der Waals surface area contributed by atoms with E-state index in [1.165, 1.54) is 0 Å². The minimum Gasteiger partial charge on any atom is -0.356 e. The zero-order valence-corrected chi connectivity index (χ0v) is 17.5. The van der Waals surface area contributed by atoms with E-state index in [2.05, 4.69) is 34.4 Å². The van der Waals surface area contributed by atoms with Gasteiger partial charge in [-0.25, -0.2) is 0 Å². The normalized spacial score (nSPS) is 14.8. The number of nitrogens with zero attached hydrogens (tertiary/aromatic N) is 1. The molecule has 2 heterocycles. The van der Waals surface area contributed by atoms with Crippen LogP contribution in [0.1, 0.15) is 49.7 Å². The van der Waals surface area contributed by atoms with Crippen molar-refractivity contribution >= 4 is 28.8 Å². The number of carbonyl (C=O) groups is 2.